The minimum Gasteiger partial charge on any atom is -0.550 e. The molecule has 2 N–H and O–H groups in total. The monoisotopic (exact) mass is 323 g/mol. The zero-order valence-corrected chi connectivity index (χ0v) is 16.3. The quantitative estimate of drug-likeness (QED) is 0.249. The van der Waals surface area contributed by atoms with Gasteiger partial charge in [0, 0.05) is 12.4 Å². The Morgan fingerprint density at radius 1 is 0.955 bits per heavy atom. The fourth-order valence-corrected chi connectivity index (χ4v) is 2.13. The van der Waals surface area contributed by atoms with Crippen molar-refractivity contribution in [2.24, 2.45) is 5.73 Å². The molecule has 6 heteroatoms. The molecule has 0 spiro atoms. The molecule has 5 nitrogen and oxygen atoms in total. The van der Waals surface area contributed by atoms with Crippen molar-refractivity contribution in [1.29, 1.82) is 0 Å². The maximum absolute atomic E-state index is 11.3. The van der Waals surface area contributed by atoms with Crippen LogP contribution in [0.1, 0.15) is 77.6 Å². The summed E-state index contributed by atoms with van der Waals surface area (Å²) in [6.07, 6.45) is 11.6. The number of carboxylic acid groups (broad SMARTS) is 1. The van der Waals surface area contributed by atoms with Crippen LogP contribution in [0.2, 0.25) is 0 Å². The van der Waals surface area contributed by atoms with E-state index in [4.69, 9.17) is 10.5 Å². The van der Waals surface area contributed by atoms with E-state index in [2.05, 4.69) is 6.92 Å². The number of ether oxygens (including phenoxy) is 1. The van der Waals surface area contributed by atoms with Crippen molar-refractivity contribution in [3.05, 3.63) is 0 Å². The summed E-state index contributed by atoms with van der Waals surface area (Å²) >= 11 is 0. The second-order valence-electron chi connectivity index (χ2n) is 5.53. The molecule has 0 aliphatic rings. The van der Waals surface area contributed by atoms with Gasteiger partial charge in [0.1, 0.15) is 6.04 Å². The number of carboxylic acids is 1. The zero-order valence-electron chi connectivity index (χ0n) is 14.3. The van der Waals surface area contributed by atoms with Gasteiger partial charge in [0.2, 0.25) is 0 Å². The molecule has 0 aromatic rings. The predicted octanol–water partition coefficient (Wildman–Crippen LogP) is -1.08. The van der Waals surface area contributed by atoms with Crippen molar-refractivity contribution in [1.82, 2.24) is 0 Å². The molecule has 0 aromatic carbocycles. The summed E-state index contributed by atoms with van der Waals surface area (Å²) in [7, 11) is 0. The third-order valence-electron chi connectivity index (χ3n) is 3.43. The van der Waals surface area contributed by atoms with E-state index in [0.29, 0.717) is 6.61 Å². The number of rotatable bonds is 14. The largest absolute Gasteiger partial charge is 1.00 e. The van der Waals surface area contributed by atoms with Crippen LogP contribution in [-0.2, 0) is 14.3 Å². The molecule has 0 aromatic heterocycles. The van der Waals surface area contributed by atoms with Crippen LogP contribution in [0.25, 0.3) is 0 Å². The number of hydrogen-bond donors (Lipinski definition) is 1. The van der Waals surface area contributed by atoms with Crippen LogP contribution >= 0.6 is 0 Å². The molecule has 1 atom stereocenters. The zero-order chi connectivity index (χ0) is 15.9. The molecular formula is C16H30NNaO4. The maximum atomic E-state index is 11.3. The third kappa shape index (κ3) is 16.3. The normalized spacial score (nSPS) is 11.5. The average molecular weight is 323 g/mol. The number of hydrogen-bond acceptors (Lipinski definition) is 5. The summed E-state index contributed by atoms with van der Waals surface area (Å²) in [5.74, 6) is -1.99. The van der Waals surface area contributed by atoms with Crippen LogP contribution in [0.15, 0.2) is 0 Å². The second-order valence-corrected chi connectivity index (χ2v) is 5.53. The van der Waals surface area contributed by atoms with Gasteiger partial charge in [-0.3, -0.25) is 4.79 Å². The average Bonchev–Trinajstić information content (AvgIpc) is 2.43. The molecule has 0 saturated carbocycles. The van der Waals surface area contributed by atoms with Crippen molar-refractivity contribution < 1.29 is 49.0 Å². The molecule has 0 amide bonds. The number of aliphatic carboxylic acids is 1. The number of carbonyl (C=O) groups is 2. The Morgan fingerprint density at radius 2 is 1.41 bits per heavy atom. The van der Waals surface area contributed by atoms with Crippen LogP contribution < -0.4 is 40.4 Å². The minimum atomic E-state index is -1.33. The van der Waals surface area contributed by atoms with Gasteiger partial charge in [-0.1, -0.05) is 64.7 Å². The van der Waals surface area contributed by atoms with Gasteiger partial charge < -0.3 is 20.4 Å². The van der Waals surface area contributed by atoms with Gasteiger partial charge in [0.05, 0.1) is 6.61 Å². The maximum Gasteiger partial charge on any atom is 1.00 e. The summed E-state index contributed by atoms with van der Waals surface area (Å²) in [6.45, 7) is 2.54. The van der Waals surface area contributed by atoms with Crippen LogP contribution in [0, 0.1) is 0 Å². The number of esters is 1. The molecule has 0 bridgehead atoms. The van der Waals surface area contributed by atoms with E-state index in [1.54, 1.807) is 0 Å². The number of unbranched alkanes of at least 4 members (excludes halogenated alkanes) is 9. The summed E-state index contributed by atoms with van der Waals surface area (Å²) in [5.41, 5.74) is 5.35. The third-order valence-corrected chi connectivity index (χ3v) is 3.43. The first-order valence-corrected chi connectivity index (χ1v) is 8.20. The van der Waals surface area contributed by atoms with E-state index < -0.39 is 24.4 Å². The van der Waals surface area contributed by atoms with E-state index >= 15 is 0 Å². The molecule has 0 rings (SSSR count). The van der Waals surface area contributed by atoms with E-state index in [1.807, 2.05) is 0 Å². The smallest absolute Gasteiger partial charge is 0.550 e. The molecule has 22 heavy (non-hydrogen) atoms. The first-order chi connectivity index (χ1) is 10.1. The first-order valence-electron chi connectivity index (χ1n) is 8.20. The molecule has 124 valence electrons. The Morgan fingerprint density at radius 3 is 1.86 bits per heavy atom. The van der Waals surface area contributed by atoms with Gasteiger partial charge in [-0.05, 0) is 6.42 Å². The van der Waals surface area contributed by atoms with Crippen molar-refractivity contribution in [2.45, 2.75) is 83.6 Å². The minimum absolute atomic E-state index is 0. The van der Waals surface area contributed by atoms with Gasteiger partial charge >= 0.3 is 35.5 Å². The van der Waals surface area contributed by atoms with Crippen molar-refractivity contribution >= 4 is 11.9 Å². The second kappa shape index (κ2) is 17.3. The van der Waals surface area contributed by atoms with Gasteiger partial charge in [-0.2, -0.15) is 0 Å². The summed E-state index contributed by atoms with van der Waals surface area (Å²) in [6, 6.07) is -1.11. The Labute approximate surface area is 156 Å². The topological polar surface area (TPSA) is 92.5 Å². The Kier molecular flexibility index (Phi) is 18.9. The van der Waals surface area contributed by atoms with Crippen LogP contribution in [0.4, 0.5) is 0 Å². The fraction of sp³-hybridized carbons (Fsp3) is 0.875. The van der Waals surface area contributed by atoms with Crippen LogP contribution in [0.3, 0.4) is 0 Å². The van der Waals surface area contributed by atoms with E-state index in [0.717, 1.165) is 19.3 Å². The molecular weight excluding hydrogens is 293 g/mol. The standard InChI is InChI=1S/C16H31NO4.Na/c1-2-3-4-5-6-7-8-9-10-11-12-21-16(20)14(17)13-15(18)19;/h14H,2-13,17H2,1H3,(H,18,19);/q;+1/p-1. The Balaban J connectivity index is 0. The van der Waals surface area contributed by atoms with E-state index in [-0.39, 0.29) is 29.6 Å². The molecule has 0 aliphatic heterocycles. The SMILES string of the molecule is CCCCCCCCCCCCOC(=O)C(N)CC(=O)[O-].[Na+]. The van der Waals surface area contributed by atoms with Gasteiger partial charge in [0.15, 0.2) is 0 Å². The van der Waals surface area contributed by atoms with Gasteiger partial charge in [-0.15, -0.1) is 0 Å². The Hall–Kier alpha value is -0.100. The van der Waals surface area contributed by atoms with Crippen LogP contribution in [0.5, 0.6) is 0 Å². The first kappa shape index (κ1) is 24.2. The van der Waals surface area contributed by atoms with Gasteiger partial charge in [-0.25, -0.2) is 0 Å². The molecule has 0 radical (unpaired) electrons. The van der Waals surface area contributed by atoms with Crippen molar-refractivity contribution in [2.75, 3.05) is 6.61 Å². The molecule has 0 aliphatic carbocycles. The predicted molar refractivity (Wildman–Crippen MR) is 80.4 cm³/mol. The van der Waals surface area contributed by atoms with Gasteiger partial charge in [0.25, 0.3) is 0 Å². The fourth-order valence-electron chi connectivity index (χ4n) is 2.13. The molecule has 0 heterocycles. The summed E-state index contributed by atoms with van der Waals surface area (Å²) in [5, 5.41) is 10.3. The van der Waals surface area contributed by atoms with Crippen molar-refractivity contribution in [3.63, 3.8) is 0 Å². The van der Waals surface area contributed by atoms with Crippen LogP contribution in [-0.4, -0.2) is 24.6 Å². The number of nitrogens with two attached hydrogens (primary N) is 1. The van der Waals surface area contributed by atoms with E-state index in [9.17, 15) is 14.7 Å². The Bertz CT molecular complexity index is 287. The van der Waals surface area contributed by atoms with E-state index in [1.165, 1.54) is 44.9 Å². The molecule has 0 saturated heterocycles. The molecule has 0 fully saturated rings. The summed E-state index contributed by atoms with van der Waals surface area (Å²) < 4.78 is 4.92. The van der Waals surface area contributed by atoms with Crippen molar-refractivity contribution in [3.8, 4) is 0 Å². The summed E-state index contributed by atoms with van der Waals surface area (Å²) in [4.78, 5) is 21.6. The number of carbonyl (C=O) groups excluding carboxylic acids is 2. The molecule has 1 unspecified atom stereocenters.